The SMILES string of the molecule is CCCCCCCCNC(N)=NCC(CC(C)O)c1ccccc1. The van der Waals surface area contributed by atoms with Crippen molar-refractivity contribution in [3.63, 3.8) is 0 Å². The van der Waals surface area contributed by atoms with Crippen molar-refractivity contribution in [3.8, 4) is 0 Å². The summed E-state index contributed by atoms with van der Waals surface area (Å²) in [4.78, 5) is 4.47. The molecule has 0 amide bonds. The Balaban J connectivity index is 2.34. The number of unbranched alkanes of at least 4 members (excludes halogenated alkanes) is 5. The maximum atomic E-state index is 9.72. The Hall–Kier alpha value is -1.55. The number of hydrogen-bond donors (Lipinski definition) is 3. The average molecular weight is 334 g/mol. The molecule has 0 heterocycles. The van der Waals surface area contributed by atoms with Gasteiger partial charge in [-0.3, -0.25) is 4.99 Å². The van der Waals surface area contributed by atoms with Crippen LogP contribution in [0.25, 0.3) is 0 Å². The fraction of sp³-hybridized carbons (Fsp3) is 0.650. The molecule has 2 atom stereocenters. The molecule has 1 rings (SSSR count). The molecule has 4 heteroatoms. The lowest BCUT2D eigenvalue weighted by Gasteiger charge is -2.17. The summed E-state index contributed by atoms with van der Waals surface area (Å²) in [6, 6.07) is 10.2. The lowest BCUT2D eigenvalue weighted by Crippen LogP contribution is -2.33. The van der Waals surface area contributed by atoms with Crippen LogP contribution in [-0.4, -0.2) is 30.3 Å². The van der Waals surface area contributed by atoms with Crippen LogP contribution in [-0.2, 0) is 0 Å². The second-order valence-corrected chi connectivity index (χ2v) is 6.61. The van der Waals surface area contributed by atoms with Crippen molar-refractivity contribution in [3.05, 3.63) is 35.9 Å². The average Bonchev–Trinajstić information content (AvgIpc) is 2.58. The van der Waals surface area contributed by atoms with Gasteiger partial charge in [0.05, 0.1) is 6.10 Å². The molecule has 0 aliphatic carbocycles. The number of rotatable bonds is 12. The van der Waals surface area contributed by atoms with Crippen molar-refractivity contribution in [2.75, 3.05) is 13.1 Å². The normalized spacial score (nSPS) is 14.4. The Kier molecular flexibility index (Phi) is 10.9. The molecule has 1 aromatic rings. The van der Waals surface area contributed by atoms with Crippen LogP contribution in [0.4, 0.5) is 0 Å². The van der Waals surface area contributed by atoms with Gasteiger partial charge in [0.1, 0.15) is 0 Å². The zero-order valence-electron chi connectivity index (χ0n) is 15.4. The largest absolute Gasteiger partial charge is 0.393 e. The van der Waals surface area contributed by atoms with E-state index < -0.39 is 0 Å². The van der Waals surface area contributed by atoms with E-state index in [1.54, 1.807) is 0 Å². The Morgan fingerprint density at radius 2 is 1.79 bits per heavy atom. The fourth-order valence-electron chi connectivity index (χ4n) is 2.84. The first-order valence-electron chi connectivity index (χ1n) is 9.40. The Bertz CT molecular complexity index is 445. The molecule has 2 unspecified atom stereocenters. The standard InChI is InChI=1S/C20H35N3O/c1-3-4-5-6-7-11-14-22-20(21)23-16-19(15-17(2)24)18-12-9-8-10-13-18/h8-10,12-13,17,19,24H,3-7,11,14-16H2,1-2H3,(H3,21,22,23). The molecule has 0 bridgehead atoms. The molecule has 4 N–H and O–H groups in total. The number of nitrogens with two attached hydrogens (primary N) is 1. The van der Waals surface area contributed by atoms with Crippen molar-refractivity contribution in [2.24, 2.45) is 10.7 Å². The molecule has 0 radical (unpaired) electrons. The monoisotopic (exact) mass is 333 g/mol. The van der Waals surface area contributed by atoms with E-state index in [-0.39, 0.29) is 12.0 Å². The third-order valence-electron chi connectivity index (χ3n) is 4.22. The van der Waals surface area contributed by atoms with Crippen LogP contribution in [0.5, 0.6) is 0 Å². The van der Waals surface area contributed by atoms with Gasteiger partial charge in [-0.15, -0.1) is 0 Å². The summed E-state index contributed by atoms with van der Waals surface area (Å²) in [5.74, 6) is 0.704. The minimum atomic E-state index is -0.345. The number of nitrogens with zero attached hydrogens (tertiary/aromatic N) is 1. The fourth-order valence-corrected chi connectivity index (χ4v) is 2.84. The maximum Gasteiger partial charge on any atom is 0.188 e. The summed E-state index contributed by atoms with van der Waals surface area (Å²) >= 11 is 0. The molecular weight excluding hydrogens is 298 g/mol. The van der Waals surface area contributed by atoms with Crippen molar-refractivity contribution in [1.29, 1.82) is 0 Å². The number of aliphatic hydroxyl groups excluding tert-OH is 1. The number of nitrogens with one attached hydrogen (secondary N) is 1. The van der Waals surface area contributed by atoms with E-state index >= 15 is 0 Å². The van der Waals surface area contributed by atoms with Crippen LogP contribution in [0.1, 0.15) is 70.3 Å². The lowest BCUT2D eigenvalue weighted by atomic mass is 9.93. The number of benzene rings is 1. The van der Waals surface area contributed by atoms with Gasteiger partial charge in [-0.05, 0) is 25.3 Å². The van der Waals surface area contributed by atoms with Crippen molar-refractivity contribution in [1.82, 2.24) is 5.32 Å². The van der Waals surface area contributed by atoms with Crippen LogP contribution in [0.3, 0.4) is 0 Å². The zero-order valence-corrected chi connectivity index (χ0v) is 15.4. The van der Waals surface area contributed by atoms with Crippen molar-refractivity contribution >= 4 is 5.96 Å². The van der Waals surface area contributed by atoms with Crippen LogP contribution in [0.2, 0.25) is 0 Å². The molecule has 0 saturated carbocycles. The number of guanidine groups is 1. The smallest absolute Gasteiger partial charge is 0.188 e. The molecule has 0 aliphatic rings. The van der Waals surface area contributed by atoms with Gasteiger partial charge in [0.15, 0.2) is 5.96 Å². The van der Waals surface area contributed by atoms with Gasteiger partial charge < -0.3 is 16.2 Å². The van der Waals surface area contributed by atoms with Crippen LogP contribution >= 0.6 is 0 Å². The molecule has 0 aromatic heterocycles. The topological polar surface area (TPSA) is 70.6 Å². The molecule has 0 spiro atoms. The minimum Gasteiger partial charge on any atom is -0.393 e. The Morgan fingerprint density at radius 3 is 2.46 bits per heavy atom. The van der Waals surface area contributed by atoms with E-state index in [9.17, 15) is 5.11 Å². The Labute approximate surface area is 147 Å². The predicted molar refractivity (Wildman–Crippen MR) is 103 cm³/mol. The summed E-state index contributed by atoms with van der Waals surface area (Å²) in [6.07, 6.45) is 7.98. The highest BCUT2D eigenvalue weighted by Gasteiger charge is 2.13. The maximum absolute atomic E-state index is 9.72. The quantitative estimate of drug-likeness (QED) is 0.309. The summed E-state index contributed by atoms with van der Waals surface area (Å²) < 4.78 is 0. The number of aliphatic imine (C=N–C) groups is 1. The van der Waals surface area contributed by atoms with Gasteiger partial charge in [0.25, 0.3) is 0 Å². The van der Waals surface area contributed by atoms with Crippen molar-refractivity contribution < 1.29 is 5.11 Å². The highest BCUT2D eigenvalue weighted by atomic mass is 16.3. The second-order valence-electron chi connectivity index (χ2n) is 6.61. The summed E-state index contributed by atoms with van der Waals surface area (Å²) in [5.41, 5.74) is 7.17. The zero-order chi connectivity index (χ0) is 17.6. The highest BCUT2D eigenvalue weighted by Crippen LogP contribution is 2.21. The number of aliphatic hydroxyl groups is 1. The van der Waals surface area contributed by atoms with Gasteiger partial charge in [-0.1, -0.05) is 69.4 Å². The first-order chi connectivity index (χ1) is 11.6. The lowest BCUT2D eigenvalue weighted by molar-refractivity contribution is 0.175. The second kappa shape index (κ2) is 12.8. The van der Waals surface area contributed by atoms with E-state index in [4.69, 9.17) is 5.73 Å². The van der Waals surface area contributed by atoms with Crippen LogP contribution in [0, 0.1) is 0 Å². The van der Waals surface area contributed by atoms with E-state index in [0.717, 1.165) is 13.0 Å². The number of hydrogen-bond acceptors (Lipinski definition) is 2. The molecule has 0 fully saturated rings. The van der Waals surface area contributed by atoms with Gasteiger partial charge in [-0.2, -0.15) is 0 Å². The summed E-state index contributed by atoms with van der Waals surface area (Å²) in [6.45, 7) is 5.54. The van der Waals surface area contributed by atoms with E-state index in [1.165, 1.54) is 37.7 Å². The minimum absolute atomic E-state index is 0.195. The highest BCUT2D eigenvalue weighted by molar-refractivity contribution is 5.77. The summed E-state index contributed by atoms with van der Waals surface area (Å²) in [5, 5.41) is 12.9. The van der Waals surface area contributed by atoms with Gasteiger partial charge in [0, 0.05) is 19.0 Å². The first kappa shape index (κ1) is 20.5. The molecule has 0 aliphatic heterocycles. The van der Waals surface area contributed by atoms with Crippen LogP contribution < -0.4 is 11.1 Å². The summed E-state index contributed by atoms with van der Waals surface area (Å²) in [7, 11) is 0. The van der Waals surface area contributed by atoms with Crippen LogP contribution in [0.15, 0.2) is 35.3 Å². The third-order valence-corrected chi connectivity index (χ3v) is 4.22. The predicted octanol–water partition coefficient (Wildman–Crippen LogP) is 3.81. The van der Waals surface area contributed by atoms with Gasteiger partial charge in [-0.25, -0.2) is 0 Å². The van der Waals surface area contributed by atoms with Crippen molar-refractivity contribution in [2.45, 2.75) is 70.8 Å². The van der Waals surface area contributed by atoms with E-state index in [1.807, 2.05) is 25.1 Å². The van der Waals surface area contributed by atoms with Gasteiger partial charge in [0.2, 0.25) is 0 Å². The van der Waals surface area contributed by atoms with E-state index in [2.05, 4.69) is 29.4 Å². The molecule has 24 heavy (non-hydrogen) atoms. The van der Waals surface area contributed by atoms with E-state index in [0.29, 0.717) is 18.9 Å². The molecule has 0 saturated heterocycles. The Morgan fingerprint density at radius 1 is 1.12 bits per heavy atom. The first-order valence-corrected chi connectivity index (χ1v) is 9.40. The molecule has 1 aromatic carbocycles. The molecule has 4 nitrogen and oxygen atoms in total. The third kappa shape index (κ3) is 9.56. The molecular formula is C20H35N3O. The van der Waals surface area contributed by atoms with Gasteiger partial charge >= 0.3 is 0 Å². The molecule has 136 valence electrons.